The van der Waals surface area contributed by atoms with E-state index in [1.54, 1.807) is 60.7 Å². The molecule has 83 heavy (non-hydrogen) atoms. The third kappa shape index (κ3) is 24.9. The lowest BCUT2D eigenvalue weighted by atomic mass is 10.0. The number of guanidine groups is 1. The maximum absolute atomic E-state index is 14.5. The van der Waals surface area contributed by atoms with Crippen LogP contribution < -0.4 is 66.3 Å². The molecule has 29 nitrogen and oxygen atoms in total. The smallest absolute Gasteiger partial charge is 0.322 e. The number of carboxylic acids is 2. The van der Waals surface area contributed by atoms with Crippen LogP contribution in [0.15, 0.2) is 65.7 Å². The molecule has 0 aromatic heterocycles. The topological polar surface area (TPSA) is 492 Å². The molecule has 2 aromatic carbocycles. The summed E-state index contributed by atoms with van der Waals surface area (Å²) in [5.74, 6) is -10.1. The number of aliphatic imine (C=N–C) groups is 1. The fraction of sp³-hybridized carbons (Fsp3) is 0.537. The second kappa shape index (κ2) is 35.9. The lowest BCUT2D eigenvalue weighted by Gasteiger charge is -2.32. The molecule has 2 fully saturated rings. The summed E-state index contributed by atoms with van der Waals surface area (Å²) in [4.78, 5) is 163. The first-order valence-electron chi connectivity index (χ1n) is 27.4. The number of carbonyl (C=O) groups is 12. The maximum Gasteiger partial charge on any atom is 0.322 e. The van der Waals surface area contributed by atoms with Gasteiger partial charge in [0.25, 0.3) is 5.97 Å². The first kappa shape index (κ1) is 68.5. The Morgan fingerprint density at radius 1 is 0.566 bits per heavy atom. The van der Waals surface area contributed by atoms with Gasteiger partial charge in [-0.05, 0) is 88.3 Å². The van der Waals surface area contributed by atoms with Gasteiger partial charge in [-0.25, -0.2) is 0 Å². The summed E-state index contributed by atoms with van der Waals surface area (Å²) >= 11 is 0. The fourth-order valence-electron chi connectivity index (χ4n) is 9.28. The predicted molar refractivity (Wildman–Crippen MR) is 301 cm³/mol. The number of carboxylic acid groups (broad SMARTS) is 2. The highest BCUT2D eigenvalue weighted by Crippen LogP contribution is 2.23. The molecule has 20 N–H and O–H groups in total. The Hall–Kier alpha value is -8.73. The maximum atomic E-state index is 14.5. The number of nitrogens with one attached hydrogen (secondary N) is 6. The van der Waals surface area contributed by atoms with Gasteiger partial charge in [0.2, 0.25) is 59.1 Å². The monoisotopic (exact) mass is 1160 g/mol. The molecule has 0 unspecified atom stereocenters. The van der Waals surface area contributed by atoms with Gasteiger partial charge in [-0.1, -0.05) is 60.7 Å². The number of hydrogen-bond acceptors (Lipinski definition) is 15. The minimum Gasteiger partial charge on any atom is -0.481 e. The van der Waals surface area contributed by atoms with Crippen molar-refractivity contribution in [2.24, 2.45) is 39.4 Å². The van der Waals surface area contributed by atoms with Gasteiger partial charge in [0.1, 0.15) is 48.8 Å². The number of nitrogens with two attached hydrogens (primary N) is 6. The molecular weight excluding hydrogens is 1080 g/mol. The number of unbranched alkanes of at least 4 members (excludes halogenated alkanes) is 1. The second-order valence-corrected chi connectivity index (χ2v) is 20.0. The SMILES string of the molecule is CC(=O)O.NCCCC[C@H](NC(=O)[C@@H]1CCCN1C(=O)[C@@H](N)CCCN=C(N)N)C(=O)N1CCC[C@H]1C(=O)N[C@@H](CCC(N)=O)C(=O)N[C@@H](CCC(N)=O)C(=O)N[C@@H](Cc1ccccc1)C(=O)N[C@@H](Cc1ccccc1)C(=O)NCC(=O)O. The van der Waals surface area contributed by atoms with E-state index in [-0.39, 0.29) is 64.1 Å². The summed E-state index contributed by atoms with van der Waals surface area (Å²) in [6.07, 6.45) is 1.19. The third-order valence-corrected chi connectivity index (χ3v) is 13.4. The fourth-order valence-corrected chi connectivity index (χ4v) is 9.28. The van der Waals surface area contributed by atoms with E-state index in [4.69, 9.17) is 44.3 Å². The van der Waals surface area contributed by atoms with Crippen LogP contribution in [-0.2, 0) is 70.4 Å². The van der Waals surface area contributed by atoms with Crippen LogP contribution >= 0.6 is 0 Å². The summed E-state index contributed by atoms with van der Waals surface area (Å²) in [5.41, 5.74) is 34.9. The van der Waals surface area contributed by atoms with E-state index >= 15 is 0 Å². The molecule has 0 bridgehead atoms. The van der Waals surface area contributed by atoms with Crippen molar-refractivity contribution >= 4 is 77.0 Å². The third-order valence-electron chi connectivity index (χ3n) is 13.4. The molecular formula is C54H81N15O14. The number of rotatable bonds is 33. The molecule has 0 aliphatic carbocycles. The molecule has 4 rings (SSSR count). The van der Waals surface area contributed by atoms with Crippen LogP contribution in [0.4, 0.5) is 0 Å². The largest absolute Gasteiger partial charge is 0.481 e. The van der Waals surface area contributed by atoms with Gasteiger partial charge in [0.15, 0.2) is 5.96 Å². The van der Waals surface area contributed by atoms with E-state index in [0.717, 1.165) is 6.92 Å². The number of primary amides is 2. The van der Waals surface area contributed by atoms with Crippen molar-refractivity contribution in [3.63, 3.8) is 0 Å². The van der Waals surface area contributed by atoms with Crippen LogP contribution in [0.5, 0.6) is 0 Å². The Morgan fingerprint density at radius 2 is 1.00 bits per heavy atom. The van der Waals surface area contributed by atoms with E-state index in [0.29, 0.717) is 56.2 Å². The zero-order valence-corrected chi connectivity index (χ0v) is 46.6. The minimum absolute atomic E-state index is 0.0669. The van der Waals surface area contributed by atoms with Crippen molar-refractivity contribution in [1.29, 1.82) is 0 Å². The van der Waals surface area contributed by atoms with Gasteiger partial charge in [-0.2, -0.15) is 0 Å². The number of amides is 10. The summed E-state index contributed by atoms with van der Waals surface area (Å²) in [6, 6.07) is 6.93. The van der Waals surface area contributed by atoms with Crippen molar-refractivity contribution in [3.05, 3.63) is 71.8 Å². The van der Waals surface area contributed by atoms with Gasteiger partial charge in [-0.3, -0.25) is 62.5 Å². The summed E-state index contributed by atoms with van der Waals surface area (Å²) in [6.45, 7) is 1.26. The molecule has 0 radical (unpaired) electrons. The highest BCUT2D eigenvalue weighted by molar-refractivity contribution is 5.98. The second-order valence-electron chi connectivity index (χ2n) is 20.0. The van der Waals surface area contributed by atoms with Crippen LogP contribution in [0.25, 0.3) is 0 Å². The first-order chi connectivity index (χ1) is 39.4. The Morgan fingerprint density at radius 3 is 1.46 bits per heavy atom. The molecule has 0 saturated carbocycles. The number of benzene rings is 2. The standard InChI is InChI=1S/C52H77N15O12.C2H4O2/c53-24-8-7-17-36(63-49(77)39-18-10-26-66(39)50(78)33(54)16-9-25-59-52(57)58)51(79)67-27-11-19-40(67)48(76)62-35(21-23-42(56)69)45(73)61-34(20-22-41(55)68)46(74)65-38(29-32-14-5-2-6-15-32)47(75)64-37(44(72)60-30-43(70)71)28-31-12-3-1-4-13-31;1-2(3)4/h1-6,12-15,33-40H,7-11,16-30,53-54H2,(H2,55,68)(H2,56,69)(H,60,72)(H,61,73)(H,62,76)(H,63,77)(H,64,75)(H,65,74)(H,70,71)(H4,57,58,59);1H3,(H,3,4)/t33-,34-,35-,36-,37-,38-,39-,40-;/m0./s1. The Labute approximate surface area is 480 Å². The normalized spacial score (nSPS) is 16.6. The average Bonchev–Trinajstić information content (AvgIpc) is 4.30. The van der Waals surface area contributed by atoms with Crippen molar-refractivity contribution in [1.82, 2.24) is 41.7 Å². The minimum atomic E-state index is -1.60. The molecule has 2 aliphatic heterocycles. The zero-order chi connectivity index (χ0) is 61.6. The van der Waals surface area contributed by atoms with Gasteiger partial charge >= 0.3 is 5.97 Å². The summed E-state index contributed by atoms with van der Waals surface area (Å²) in [5, 5.41) is 32.1. The lowest BCUT2D eigenvalue weighted by molar-refractivity contribution is -0.144. The summed E-state index contributed by atoms with van der Waals surface area (Å²) < 4.78 is 0. The van der Waals surface area contributed by atoms with Gasteiger partial charge in [0, 0.05) is 52.2 Å². The van der Waals surface area contributed by atoms with Crippen LogP contribution in [0.3, 0.4) is 0 Å². The van der Waals surface area contributed by atoms with Crippen molar-refractivity contribution < 1.29 is 67.7 Å². The van der Waals surface area contributed by atoms with Gasteiger partial charge < -0.3 is 86.3 Å². The van der Waals surface area contributed by atoms with Gasteiger partial charge in [-0.15, -0.1) is 0 Å². The van der Waals surface area contributed by atoms with Crippen LogP contribution in [0.1, 0.15) is 102 Å². The number of hydrogen-bond donors (Lipinski definition) is 14. The van der Waals surface area contributed by atoms with E-state index in [9.17, 15) is 57.8 Å². The number of aliphatic carboxylic acids is 2. The molecule has 10 amide bonds. The van der Waals surface area contributed by atoms with Gasteiger partial charge in [0.05, 0.1) is 6.04 Å². The van der Waals surface area contributed by atoms with E-state index in [1.165, 1.54) is 9.80 Å². The number of carbonyl (C=O) groups excluding carboxylic acids is 10. The van der Waals surface area contributed by atoms with E-state index in [2.05, 4.69) is 36.9 Å². The van der Waals surface area contributed by atoms with E-state index in [1.807, 2.05) is 0 Å². The highest BCUT2D eigenvalue weighted by atomic mass is 16.4. The van der Waals surface area contributed by atoms with Crippen molar-refractivity contribution in [2.75, 3.05) is 32.7 Å². The first-order valence-corrected chi connectivity index (χ1v) is 27.4. The number of likely N-dealkylation sites (tertiary alicyclic amines) is 2. The Kier molecular flexibility index (Phi) is 29.6. The van der Waals surface area contributed by atoms with Crippen molar-refractivity contribution in [2.45, 2.75) is 152 Å². The lowest BCUT2D eigenvalue weighted by Crippen LogP contribution is -2.60. The highest BCUT2D eigenvalue weighted by Gasteiger charge is 2.42. The molecule has 456 valence electrons. The predicted octanol–water partition coefficient (Wildman–Crippen LogP) is -3.79. The quantitative estimate of drug-likeness (QED) is 0.0185. The Balaban J connectivity index is 0.00000436. The molecule has 2 saturated heterocycles. The van der Waals surface area contributed by atoms with Crippen LogP contribution in [0, 0.1) is 0 Å². The zero-order valence-electron chi connectivity index (χ0n) is 46.6. The molecule has 2 aliphatic rings. The number of nitrogens with zero attached hydrogens (tertiary/aromatic N) is 3. The van der Waals surface area contributed by atoms with Crippen LogP contribution in [0.2, 0.25) is 0 Å². The Bertz CT molecular complexity index is 2570. The summed E-state index contributed by atoms with van der Waals surface area (Å²) in [7, 11) is 0. The average molecular weight is 1160 g/mol. The molecule has 2 aromatic rings. The van der Waals surface area contributed by atoms with Crippen molar-refractivity contribution in [3.8, 4) is 0 Å². The molecule has 2 heterocycles. The molecule has 8 atom stereocenters. The molecule has 29 heteroatoms. The van der Waals surface area contributed by atoms with E-state index < -0.39 is 145 Å². The molecule has 0 spiro atoms. The van der Waals surface area contributed by atoms with Crippen LogP contribution in [-0.4, -0.2) is 178 Å².